The number of carbonyl (C=O) groups excluding carboxylic acids is 2. The second-order valence-corrected chi connectivity index (χ2v) is 11.4. The van der Waals surface area contributed by atoms with E-state index in [2.05, 4.69) is 25.8 Å². The molecule has 0 atom stereocenters. The first kappa shape index (κ1) is 21.1. The summed E-state index contributed by atoms with van der Waals surface area (Å²) in [5.41, 5.74) is 1.05. The van der Waals surface area contributed by atoms with Crippen molar-refractivity contribution >= 4 is 33.8 Å². The Kier molecular flexibility index (Phi) is 4.89. The number of benzene rings is 2. The van der Waals surface area contributed by atoms with Crippen LogP contribution < -0.4 is 0 Å². The fourth-order valence-electron chi connectivity index (χ4n) is 4.97. The third-order valence-corrected chi connectivity index (χ3v) is 8.35. The van der Waals surface area contributed by atoms with Gasteiger partial charge in [0.1, 0.15) is 11.4 Å². The largest absolute Gasteiger partial charge is 0.507 e. The van der Waals surface area contributed by atoms with Crippen LogP contribution in [-0.4, -0.2) is 39.8 Å². The van der Waals surface area contributed by atoms with Gasteiger partial charge in [-0.15, -0.1) is 11.3 Å². The molecule has 1 amide bonds. The van der Waals surface area contributed by atoms with Crippen LogP contribution >= 0.6 is 11.3 Å². The molecule has 0 radical (unpaired) electrons. The van der Waals surface area contributed by atoms with Crippen molar-refractivity contribution < 1.29 is 14.7 Å². The van der Waals surface area contributed by atoms with E-state index in [1.165, 1.54) is 0 Å². The molecule has 1 N–H and O–H groups in total. The van der Waals surface area contributed by atoms with Gasteiger partial charge in [-0.1, -0.05) is 45.0 Å². The van der Waals surface area contributed by atoms with Gasteiger partial charge < -0.3 is 10.0 Å². The van der Waals surface area contributed by atoms with E-state index in [9.17, 15) is 14.7 Å². The molecular weight excluding hydrogens is 420 g/mol. The van der Waals surface area contributed by atoms with E-state index in [0.29, 0.717) is 30.8 Å². The number of Topliss-reactive ketones (excluding diaryl/α,β-unsaturated/α-hetero) is 1. The average molecular weight is 449 g/mol. The Bertz CT molecular complexity index is 1230. The standard InChI is InChI=1S/C26H28N2O3S/c1-25(2,3)24-27-22-20(30)14-26(15-21(22)32-24)8-10-28(11-9-26)23(31)17-12-16-6-4-5-7-18(16)19(29)13-17/h4-7,12-13,29H,8-11,14-15H2,1-3H3. The second-order valence-electron chi connectivity index (χ2n) is 10.3. The number of phenolic OH excluding ortho intramolecular Hbond substituents is 1. The zero-order chi connectivity index (χ0) is 22.7. The molecule has 1 aliphatic heterocycles. The monoisotopic (exact) mass is 448 g/mol. The molecule has 0 unspecified atom stereocenters. The fourth-order valence-corrected chi connectivity index (χ4v) is 6.28. The number of thiazole rings is 1. The molecule has 1 fully saturated rings. The lowest BCUT2D eigenvalue weighted by atomic mass is 9.68. The van der Waals surface area contributed by atoms with Crippen molar-refractivity contribution in [2.45, 2.75) is 51.9 Å². The Morgan fingerprint density at radius 3 is 2.56 bits per heavy atom. The minimum absolute atomic E-state index is 0.0588. The number of hydrogen-bond acceptors (Lipinski definition) is 5. The Morgan fingerprint density at radius 1 is 1.12 bits per heavy atom. The summed E-state index contributed by atoms with van der Waals surface area (Å²) in [5, 5.41) is 13.0. The smallest absolute Gasteiger partial charge is 0.254 e. The minimum Gasteiger partial charge on any atom is -0.507 e. The molecule has 166 valence electrons. The molecule has 32 heavy (non-hydrogen) atoms. The number of fused-ring (bicyclic) bond motifs is 2. The highest BCUT2D eigenvalue weighted by atomic mass is 32.1. The van der Waals surface area contributed by atoms with E-state index < -0.39 is 0 Å². The van der Waals surface area contributed by atoms with Crippen molar-refractivity contribution in [2.24, 2.45) is 5.41 Å². The highest BCUT2D eigenvalue weighted by Crippen LogP contribution is 2.46. The molecule has 1 saturated heterocycles. The average Bonchev–Trinajstić information content (AvgIpc) is 3.19. The Balaban J connectivity index is 1.33. The summed E-state index contributed by atoms with van der Waals surface area (Å²) in [5.74, 6) is 0.221. The molecule has 5 rings (SSSR count). The van der Waals surface area contributed by atoms with Gasteiger partial charge in [0.25, 0.3) is 5.91 Å². The van der Waals surface area contributed by atoms with Crippen LogP contribution in [0.3, 0.4) is 0 Å². The topological polar surface area (TPSA) is 70.5 Å². The van der Waals surface area contributed by atoms with Gasteiger partial charge in [0.15, 0.2) is 5.78 Å². The van der Waals surface area contributed by atoms with Gasteiger partial charge in [-0.05, 0) is 42.2 Å². The van der Waals surface area contributed by atoms with E-state index >= 15 is 0 Å². The number of likely N-dealkylation sites (tertiary alicyclic amines) is 1. The molecular formula is C26H28N2O3S. The highest BCUT2D eigenvalue weighted by Gasteiger charge is 2.43. The number of nitrogens with zero attached hydrogens (tertiary/aromatic N) is 2. The van der Waals surface area contributed by atoms with Gasteiger partial charge in [-0.2, -0.15) is 0 Å². The van der Waals surface area contributed by atoms with Crippen LogP contribution in [0.1, 0.15) is 70.8 Å². The molecule has 1 aromatic heterocycles. The maximum atomic E-state index is 13.2. The second kappa shape index (κ2) is 7.41. The molecule has 2 aromatic carbocycles. The van der Waals surface area contributed by atoms with E-state index in [1.807, 2.05) is 35.2 Å². The predicted molar refractivity (Wildman–Crippen MR) is 127 cm³/mol. The number of carbonyl (C=O) groups is 2. The van der Waals surface area contributed by atoms with Gasteiger partial charge in [0, 0.05) is 40.8 Å². The van der Waals surface area contributed by atoms with Gasteiger partial charge >= 0.3 is 0 Å². The molecule has 0 bridgehead atoms. The number of amides is 1. The van der Waals surface area contributed by atoms with Crippen molar-refractivity contribution in [3.8, 4) is 5.75 Å². The molecule has 0 saturated carbocycles. The Morgan fingerprint density at radius 2 is 1.84 bits per heavy atom. The molecule has 1 aliphatic carbocycles. The normalized spacial score (nSPS) is 18.2. The molecule has 3 aromatic rings. The zero-order valence-electron chi connectivity index (χ0n) is 18.8. The third kappa shape index (κ3) is 3.60. The first-order valence-corrected chi connectivity index (χ1v) is 12.0. The van der Waals surface area contributed by atoms with E-state index in [-0.39, 0.29) is 28.3 Å². The molecule has 5 nitrogen and oxygen atoms in total. The van der Waals surface area contributed by atoms with Crippen LogP contribution in [0.2, 0.25) is 0 Å². The maximum Gasteiger partial charge on any atom is 0.254 e. The summed E-state index contributed by atoms with van der Waals surface area (Å²) in [7, 11) is 0. The summed E-state index contributed by atoms with van der Waals surface area (Å²) >= 11 is 1.68. The number of hydrogen-bond donors (Lipinski definition) is 1. The predicted octanol–water partition coefficient (Wildman–Crippen LogP) is 5.35. The lowest BCUT2D eigenvalue weighted by Gasteiger charge is -2.43. The van der Waals surface area contributed by atoms with Crippen LogP contribution in [0.4, 0.5) is 0 Å². The van der Waals surface area contributed by atoms with Crippen LogP contribution in [0, 0.1) is 5.41 Å². The number of rotatable bonds is 1. The lowest BCUT2D eigenvalue weighted by molar-refractivity contribution is 0.0522. The van der Waals surface area contributed by atoms with Crippen LogP contribution in [0.25, 0.3) is 10.8 Å². The van der Waals surface area contributed by atoms with Crippen molar-refractivity contribution in [1.29, 1.82) is 0 Å². The third-order valence-electron chi connectivity index (χ3n) is 6.87. The number of ketones is 1. The van der Waals surface area contributed by atoms with Crippen molar-refractivity contribution in [1.82, 2.24) is 9.88 Å². The fraction of sp³-hybridized carbons (Fsp3) is 0.423. The summed E-state index contributed by atoms with van der Waals surface area (Å²) in [6.07, 6.45) is 3.02. The van der Waals surface area contributed by atoms with E-state index in [0.717, 1.165) is 39.9 Å². The molecule has 2 aliphatic rings. The number of aromatic nitrogens is 1. The molecule has 1 spiro atoms. The Hall–Kier alpha value is -2.73. The number of piperidine rings is 1. The Labute approximate surface area is 192 Å². The van der Waals surface area contributed by atoms with Crippen molar-refractivity contribution in [3.05, 3.63) is 57.5 Å². The number of phenols is 1. The minimum atomic E-state index is -0.0753. The summed E-state index contributed by atoms with van der Waals surface area (Å²) in [4.78, 5) is 33.8. The van der Waals surface area contributed by atoms with Gasteiger partial charge in [0.2, 0.25) is 0 Å². The first-order valence-electron chi connectivity index (χ1n) is 11.2. The van der Waals surface area contributed by atoms with Crippen LogP contribution in [-0.2, 0) is 11.8 Å². The zero-order valence-corrected chi connectivity index (χ0v) is 19.6. The quantitative estimate of drug-likeness (QED) is 0.545. The SMILES string of the molecule is CC(C)(C)c1nc2c(s1)CC1(CCN(C(=O)c3cc(O)c4ccccc4c3)CC1)CC2=O. The summed E-state index contributed by atoms with van der Waals surface area (Å²) < 4.78 is 0. The van der Waals surface area contributed by atoms with Crippen LogP contribution in [0.5, 0.6) is 5.75 Å². The van der Waals surface area contributed by atoms with Crippen molar-refractivity contribution in [2.75, 3.05) is 13.1 Å². The van der Waals surface area contributed by atoms with E-state index in [4.69, 9.17) is 0 Å². The van der Waals surface area contributed by atoms with Crippen LogP contribution in [0.15, 0.2) is 36.4 Å². The maximum absolute atomic E-state index is 13.2. The molecule has 2 heterocycles. The number of aromatic hydroxyl groups is 1. The van der Waals surface area contributed by atoms with Gasteiger partial charge in [0.05, 0.1) is 5.01 Å². The summed E-state index contributed by atoms with van der Waals surface area (Å²) in [6.45, 7) is 7.64. The summed E-state index contributed by atoms with van der Waals surface area (Å²) in [6, 6.07) is 10.9. The lowest BCUT2D eigenvalue weighted by Crippen LogP contribution is -2.46. The van der Waals surface area contributed by atoms with Gasteiger partial charge in [-0.3, -0.25) is 9.59 Å². The van der Waals surface area contributed by atoms with E-state index in [1.54, 1.807) is 17.4 Å². The highest BCUT2D eigenvalue weighted by molar-refractivity contribution is 7.12. The first-order chi connectivity index (χ1) is 15.2. The van der Waals surface area contributed by atoms with Gasteiger partial charge in [-0.25, -0.2) is 4.98 Å². The molecule has 6 heteroatoms. The van der Waals surface area contributed by atoms with Crippen molar-refractivity contribution in [3.63, 3.8) is 0 Å².